The highest BCUT2D eigenvalue weighted by atomic mass is 35.5. The van der Waals surface area contributed by atoms with E-state index in [2.05, 4.69) is 0 Å². The van der Waals surface area contributed by atoms with E-state index in [1.165, 1.54) is 6.07 Å². The van der Waals surface area contributed by atoms with E-state index >= 15 is 0 Å². The molecule has 0 aromatic heterocycles. The number of carboxylic acids is 1. The van der Waals surface area contributed by atoms with Crippen LogP contribution in [0.1, 0.15) is 16.7 Å². The molecule has 0 unspecified atom stereocenters. The molecular weight excluding hydrogens is 449 g/mol. The number of thioether (sulfide) groups is 1. The zero-order valence-electron chi connectivity index (χ0n) is 16.4. The second kappa shape index (κ2) is 9.66. The van der Waals surface area contributed by atoms with Crippen molar-refractivity contribution in [2.24, 2.45) is 0 Å². The average Bonchev–Trinajstić information content (AvgIpc) is 2.71. The Balaban J connectivity index is 1.66. The molecule has 0 aliphatic heterocycles. The number of hydrogen-bond acceptors (Lipinski definition) is 3. The quantitative estimate of drug-likeness (QED) is 0.377. The maximum atomic E-state index is 13.1. The van der Waals surface area contributed by atoms with Crippen LogP contribution in [0.15, 0.2) is 65.6 Å². The molecule has 0 bridgehead atoms. The predicted octanol–water partition coefficient (Wildman–Crippen LogP) is 7.09. The van der Waals surface area contributed by atoms with E-state index in [0.29, 0.717) is 22.6 Å². The van der Waals surface area contributed by atoms with Gasteiger partial charge in [0.1, 0.15) is 5.75 Å². The first-order valence-electron chi connectivity index (χ1n) is 9.17. The molecule has 0 heterocycles. The van der Waals surface area contributed by atoms with Crippen LogP contribution < -0.4 is 4.74 Å². The fourth-order valence-electron chi connectivity index (χ4n) is 2.90. The molecule has 1 N–H and O–H groups in total. The number of carboxylic acid groups (broad SMARTS) is 1. The summed E-state index contributed by atoms with van der Waals surface area (Å²) in [7, 11) is 0. The molecule has 0 saturated carbocycles. The van der Waals surface area contributed by atoms with Gasteiger partial charge < -0.3 is 9.84 Å². The van der Waals surface area contributed by atoms with Gasteiger partial charge in [-0.25, -0.2) is 4.79 Å². The summed E-state index contributed by atoms with van der Waals surface area (Å²) in [6.07, 6.45) is -4.50. The highest BCUT2D eigenvalue weighted by Crippen LogP contribution is 2.37. The molecule has 31 heavy (non-hydrogen) atoms. The van der Waals surface area contributed by atoms with Crippen molar-refractivity contribution in [2.75, 3.05) is 6.61 Å². The maximum Gasteiger partial charge on any atom is 0.417 e. The summed E-state index contributed by atoms with van der Waals surface area (Å²) in [4.78, 5) is 11.6. The Morgan fingerprint density at radius 1 is 1.03 bits per heavy atom. The molecule has 0 aliphatic carbocycles. The minimum absolute atomic E-state index is 0.320. The third-order valence-electron chi connectivity index (χ3n) is 4.46. The number of rotatable bonds is 7. The topological polar surface area (TPSA) is 46.5 Å². The van der Waals surface area contributed by atoms with Gasteiger partial charge in [-0.05, 0) is 59.5 Å². The van der Waals surface area contributed by atoms with E-state index in [9.17, 15) is 18.0 Å². The van der Waals surface area contributed by atoms with Crippen LogP contribution in [0.2, 0.25) is 5.02 Å². The van der Waals surface area contributed by atoms with Gasteiger partial charge in [0.25, 0.3) is 0 Å². The van der Waals surface area contributed by atoms with Gasteiger partial charge in [-0.2, -0.15) is 13.2 Å². The number of hydrogen-bond donors (Lipinski definition) is 1. The highest BCUT2D eigenvalue weighted by Gasteiger charge is 2.33. The zero-order valence-corrected chi connectivity index (χ0v) is 17.9. The third kappa shape index (κ3) is 6.18. The molecule has 0 radical (unpaired) electrons. The fourth-order valence-corrected chi connectivity index (χ4v) is 4.07. The van der Waals surface area contributed by atoms with Gasteiger partial charge in [0.2, 0.25) is 0 Å². The lowest BCUT2D eigenvalue weighted by atomic mass is 10.0. The number of halogens is 4. The minimum Gasteiger partial charge on any atom is -0.482 e. The second-order valence-electron chi connectivity index (χ2n) is 6.79. The van der Waals surface area contributed by atoms with Crippen LogP contribution >= 0.6 is 23.4 Å². The smallest absolute Gasteiger partial charge is 0.417 e. The van der Waals surface area contributed by atoms with E-state index in [1.54, 1.807) is 36.0 Å². The third-order valence-corrected chi connectivity index (χ3v) is 5.86. The van der Waals surface area contributed by atoms with Gasteiger partial charge in [0, 0.05) is 10.6 Å². The predicted molar refractivity (Wildman–Crippen MR) is 116 cm³/mol. The number of ether oxygens (including phenoxy) is 1. The van der Waals surface area contributed by atoms with Crippen LogP contribution in [-0.4, -0.2) is 17.7 Å². The molecule has 0 atom stereocenters. The highest BCUT2D eigenvalue weighted by molar-refractivity contribution is 7.98. The molecule has 3 aromatic rings. The number of carbonyl (C=O) groups is 1. The Hall–Kier alpha value is -2.64. The summed E-state index contributed by atoms with van der Waals surface area (Å²) in [6, 6.07) is 16.7. The summed E-state index contributed by atoms with van der Waals surface area (Å²) in [5, 5.41) is 8.38. The molecule has 0 amide bonds. The van der Waals surface area contributed by atoms with Crippen LogP contribution in [-0.2, 0) is 16.7 Å². The molecule has 0 saturated heterocycles. The molecule has 0 fully saturated rings. The lowest BCUT2D eigenvalue weighted by Crippen LogP contribution is -2.09. The zero-order chi connectivity index (χ0) is 22.6. The Morgan fingerprint density at radius 2 is 1.71 bits per heavy atom. The molecule has 0 aliphatic rings. The summed E-state index contributed by atoms with van der Waals surface area (Å²) in [6.45, 7) is 1.45. The normalized spacial score (nSPS) is 11.4. The number of alkyl halides is 3. The van der Waals surface area contributed by atoms with E-state index in [0.717, 1.165) is 22.1 Å². The molecule has 162 valence electrons. The van der Waals surface area contributed by atoms with Gasteiger partial charge in [-0.15, -0.1) is 11.8 Å². The van der Waals surface area contributed by atoms with Gasteiger partial charge in [-0.3, -0.25) is 0 Å². The molecule has 3 rings (SSSR count). The molecule has 3 aromatic carbocycles. The van der Waals surface area contributed by atoms with Crippen molar-refractivity contribution in [3.8, 4) is 16.9 Å². The molecule has 0 spiro atoms. The Labute approximate surface area is 186 Å². The maximum absolute atomic E-state index is 13.1. The van der Waals surface area contributed by atoms with E-state index in [4.69, 9.17) is 21.4 Å². The Bertz CT molecular complexity index is 1080. The van der Waals surface area contributed by atoms with Crippen LogP contribution in [0.25, 0.3) is 11.1 Å². The first kappa shape index (κ1) is 23.0. The number of benzene rings is 3. The van der Waals surface area contributed by atoms with Crippen molar-refractivity contribution in [3.05, 3.63) is 82.4 Å². The fraction of sp³-hybridized carbons (Fsp3) is 0.174. The van der Waals surface area contributed by atoms with Crippen LogP contribution in [0.5, 0.6) is 5.75 Å². The van der Waals surface area contributed by atoms with Crippen LogP contribution in [0.4, 0.5) is 13.2 Å². The van der Waals surface area contributed by atoms with Crippen molar-refractivity contribution < 1.29 is 27.8 Å². The van der Waals surface area contributed by atoms with E-state index in [-0.39, 0.29) is 5.02 Å². The largest absolute Gasteiger partial charge is 0.482 e. The van der Waals surface area contributed by atoms with E-state index < -0.39 is 24.3 Å². The van der Waals surface area contributed by atoms with Crippen LogP contribution in [0.3, 0.4) is 0 Å². The summed E-state index contributed by atoms with van der Waals surface area (Å²) in [5.74, 6) is 0.163. The molecular formula is C23H18ClF3O3S. The minimum atomic E-state index is -4.50. The molecule has 3 nitrogen and oxygen atoms in total. The van der Waals surface area contributed by atoms with Crippen LogP contribution in [0, 0.1) is 6.92 Å². The average molecular weight is 467 g/mol. The monoisotopic (exact) mass is 466 g/mol. The van der Waals surface area contributed by atoms with Gasteiger partial charge in [-0.1, -0.05) is 41.9 Å². The standard InChI is InChI=1S/C23H18ClF3O3S/c1-14-10-18(7-9-21(14)30-12-22(28)29)31-13-15-2-4-16(5-3-15)17-6-8-20(24)19(11-17)23(25,26)27/h2-11H,12-13H2,1H3,(H,28,29). The van der Waals surface area contributed by atoms with Crippen molar-refractivity contribution >= 4 is 29.3 Å². The van der Waals surface area contributed by atoms with Crippen molar-refractivity contribution in [1.29, 1.82) is 0 Å². The molecule has 8 heteroatoms. The lowest BCUT2D eigenvalue weighted by Gasteiger charge is -2.12. The van der Waals surface area contributed by atoms with Gasteiger partial charge in [0.05, 0.1) is 10.6 Å². The first-order valence-corrected chi connectivity index (χ1v) is 10.5. The Morgan fingerprint density at radius 3 is 2.32 bits per heavy atom. The van der Waals surface area contributed by atoms with Crippen molar-refractivity contribution in [1.82, 2.24) is 0 Å². The van der Waals surface area contributed by atoms with Gasteiger partial charge in [0.15, 0.2) is 6.61 Å². The second-order valence-corrected chi connectivity index (χ2v) is 8.24. The summed E-state index contributed by atoms with van der Waals surface area (Å²) < 4.78 is 44.5. The van der Waals surface area contributed by atoms with Crippen molar-refractivity contribution in [2.45, 2.75) is 23.7 Å². The Kier molecular flexibility index (Phi) is 7.18. The first-order chi connectivity index (χ1) is 14.6. The summed E-state index contributed by atoms with van der Waals surface area (Å²) in [5.41, 5.74) is 2.13. The van der Waals surface area contributed by atoms with Gasteiger partial charge >= 0.3 is 12.1 Å². The number of aryl methyl sites for hydroxylation is 1. The van der Waals surface area contributed by atoms with Crippen molar-refractivity contribution in [3.63, 3.8) is 0 Å². The van der Waals surface area contributed by atoms with E-state index in [1.807, 2.05) is 31.2 Å². The lowest BCUT2D eigenvalue weighted by molar-refractivity contribution is -0.139. The SMILES string of the molecule is Cc1cc(SCc2ccc(-c3ccc(Cl)c(C(F)(F)F)c3)cc2)ccc1OCC(=O)O. The number of aliphatic carboxylic acids is 1. The summed E-state index contributed by atoms with van der Waals surface area (Å²) >= 11 is 7.28.